The normalized spacial score (nSPS) is 10.3. The van der Waals surface area contributed by atoms with Gasteiger partial charge in [0.1, 0.15) is 5.75 Å². The van der Waals surface area contributed by atoms with Crippen molar-refractivity contribution in [1.29, 1.82) is 0 Å². The van der Waals surface area contributed by atoms with Gasteiger partial charge in [0.25, 0.3) is 5.91 Å². The first-order valence-electron chi connectivity index (χ1n) is 5.78. The van der Waals surface area contributed by atoms with Gasteiger partial charge in [-0.1, -0.05) is 0 Å². The predicted octanol–water partition coefficient (Wildman–Crippen LogP) is 3.26. The van der Waals surface area contributed by atoms with Crippen molar-refractivity contribution in [2.75, 3.05) is 11.9 Å². The summed E-state index contributed by atoms with van der Waals surface area (Å²) in [6, 6.07) is 5.65. The number of ether oxygens (including phenoxy) is 1. The van der Waals surface area contributed by atoms with Crippen LogP contribution >= 0.6 is 0 Å². The molecule has 0 spiro atoms. The minimum atomic E-state index is -1.10. The largest absolute Gasteiger partial charge is 0.484 e. The van der Waals surface area contributed by atoms with Gasteiger partial charge < -0.3 is 10.1 Å². The molecule has 110 valence electrons. The van der Waals surface area contributed by atoms with Crippen LogP contribution < -0.4 is 10.1 Å². The second-order valence-corrected chi connectivity index (χ2v) is 4.04. The van der Waals surface area contributed by atoms with Crippen molar-refractivity contribution in [3.05, 3.63) is 59.7 Å². The molecule has 0 saturated heterocycles. The Morgan fingerprint density at radius 3 is 2.14 bits per heavy atom. The van der Waals surface area contributed by atoms with Gasteiger partial charge in [0.05, 0.1) is 0 Å². The summed E-state index contributed by atoms with van der Waals surface area (Å²) >= 11 is 0. The van der Waals surface area contributed by atoms with Gasteiger partial charge in [0, 0.05) is 17.8 Å². The molecule has 0 bridgehead atoms. The van der Waals surface area contributed by atoms with Crippen LogP contribution in [0.4, 0.5) is 23.2 Å². The van der Waals surface area contributed by atoms with E-state index in [1.165, 1.54) is 6.07 Å². The second-order valence-electron chi connectivity index (χ2n) is 4.04. The summed E-state index contributed by atoms with van der Waals surface area (Å²) in [5.41, 5.74) is 0.0489. The number of anilines is 1. The number of carbonyl (C=O) groups is 1. The van der Waals surface area contributed by atoms with Gasteiger partial charge in [0.2, 0.25) is 0 Å². The van der Waals surface area contributed by atoms with Crippen LogP contribution in [0.1, 0.15) is 0 Å². The summed E-state index contributed by atoms with van der Waals surface area (Å²) in [6.45, 7) is -0.496. The summed E-state index contributed by atoms with van der Waals surface area (Å²) in [7, 11) is 0. The van der Waals surface area contributed by atoms with Crippen molar-refractivity contribution >= 4 is 11.6 Å². The van der Waals surface area contributed by atoms with E-state index in [1.807, 2.05) is 0 Å². The number of carbonyl (C=O) groups excluding carboxylic acids is 1. The maximum Gasteiger partial charge on any atom is 0.262 e. The third-order valence-corrected chi connectivity index (χ3v) is 2.46. The van der Waals surface area contributed by atoms with Crippen LogP contribution in [0.5, 0.6) is 5.75 Å². The fraction of sp³-hybridized carbons (Fsp3) is 0.0714. The zero-order chi connectivity index (χ0) is 15.4. The van der Waals surface area contributed by atoms with Crippen molar-refractivity contribution in [2.45, 2.75) is 0 Å². The smallest absolute Gasteiger partial charge is 0.262 e. The molecule has 2 aromatic rings. The number of hydrogen-bond donors (Lipinski definition) is 1. The van der Waals surface area contributed by atoms with Gasteiger partial charge in [-0.2, -0.15) is 0 Å². The molecule has 2 aromatic carbocycles. The lowest BCUT2D eigenvalue weighted by Gasteiger charge is -2.08. The maximum absolute atomic E-state index is 12.9. The van der Waals surface area contributed by atoms with Crippen molar-refractivity contribution in [2.24, 2.45) is 0 Å². The van der Waals surface area contributed by atoms with Gasteiger partial charge in [-0.3, -0.25) is 4.79 Å². The number of halogens is 4. The molecule has 0 heterocycles. The van der Waals surface area contributed by atoms with Gasteiger partial charge in [-0.25, -0.2) is 17.6 Å². The van der Waals surface area contributed by atoms with Gasteiger partial charge in [0.15, 0.2) is 29.9 Å². The fourth-order valence-electron chi connectivity index (χ4n) is 1.49. The Morgan fingerprint density at radius 2 is 1.52 bits per heavy atom. The predicted molar refractivity (Wildman–Crippen MR) is 66.8 cm³/mol. The van der Waals surface area contributed by atoms with Crippen LogP contribution in [-0.4, -0.2) is 12.5 Å². The molecule has 1 N–H and O–H groups in total. The lowest BCUT2D eigenvalue weighted by Crippen LogP contribution is -2.20. The second kappa shape index (κ2) is 6.25. The SMILES string of the molecule is O=C(COc1ccc(F)c(F)c1)Nc1ccc(F)c(F)c1. The van der Waals surface area contributed by atoms with Crippen LogP contribution in [0.15, 0.2) is 36.4 Å². The molecular formula is C14H9F4NO2. The minimum absolute atomic E-state index is 0.0330. The maximum atomic E-state index is 12.9. The Balaban J connectivity index is 1.92. The van der Waals surface area contributed by atoms with E-state index in [4.69, 9.17) is 4.74 Å². The topological polar surface area (TPSA) is 38.3 Å². The standard InChI is InChI=1S/C14H9F4NO2/c15-10-3-1-8(5-12(10)17)19-14(20)7-21-9-2-4-11(16)13(18)6-9/h1-6H,7H2,(H,19,20). The molecule has 0 atom stereocenters. The number of benzene rings is 2. The average Bonchev–Trinajstić information content (AvgIpc) is 2.44. The highest BCUT2D eigenvalue weighted by Gasteiger charge is 2.08. The lowest BCUT2D eigenvalue weighted by atomic mass is 10.3. The molecular weight excluding hydrogens is 290 g/mol. The zero-order valence-electron chi connectivity index (χ0n) is 10.5. The van der Waals surface area contributed by atoms with Crippen LogP contribution in [0.25, 0.3) is 0 Å². The van der Waals surface area contributed by atoms with Gasteiger partial charge >= 0.3 is 0 Å². The first-order valence-corrected chi connectivity index (χ1v) is 5.78. The highest BCUT2D eigenvalue weighted by atomic mass is 19.2. The molecule has 0 unspecified atom stereocenters. The molecule has 0 saturated carbocycles. The molecule has 0 fully saturated rings. The van der Waals surface area contributed by atoms with Crippen molar-refractivity contribution < 1.29 is 27.1 Å². The van der Waals surface area contributed by atoms with Crippen LogP contribution in [0.2, 0.25) is 0 Å². The summed E-state index contributed by atoms with van der Waals surface area (Å²) in [4.78, 5) is 11.5. The quantitative estimate of drug-likeness (QED) is 0.880. The Bertz CT molecular complexity index is 676. The minimum Gasteiger partial charge on any atom is -0.484 e. The molecule has 0 aliphatic heterocycles. The Morgan fingerprint density at radius 1 is 0.905 bits per heavy atom. The van der Waals surface area contributed by atoms with Crippen LogP contribution in [-0.2, 0) is 4.79 Å². The molecule has 0 radical (unpaired) electrons. The van der Waals surface area contributed by atoms with Crippen LogP contribution in [0, 0.1) is 23.3 Å². The van der Waals surface area contributed by atoms with Crippen molar-refractivity contribution in [3.63, 3.8) is 0 Å². The molecule has 1 amide bonds. The molecule has 2 rings (SSSR count). The Hall–Kier alpha value is -2.57. The molecule has 0 aliphatic rings. The highest BCUT2D eigenvalue weighted by Crippen LogP contribution is 2.16. The first kappa shape index (κ1) is 14.8. The average molecular weight is 299 g/mol. The van der Waals surface area contributed by atoms with E-state index >= 15 is 0 Å². The number of amides is 1. The third-order valence-electron chi connectivity index (χ3n) is 2.46. The summed E-state index contributed by atoms with van der Waals surface area (Å²) < 4.78 is 56.1. The van der Waals surface area contributed by atoms with E-state index in [-0.39, 0.29) is 11.4 Å². The third kappa shape index (κ3) is 3.95. The van der Waals surface area contributed by atoms with E-state index in [0.717, 1.165) is 30.3 Å². The summed E-state index contributed by atoms with van der Waals surface area (Å²) in [5.74, 6) is -4.97. The molecule has 0 aromatic heterocycles. The summed E-state index contributed by atoms with van der Waals surface area (Å²) in [5, 5.41) is 2.27. The number of nitrogens with one attached hydrogen (secondary N) is 1. The molecule has 21 heavy (non-hydrogen) atoms. The van der Waals surface area contributed by atoms with Crippen LogP contribution in [0.3, 0.4) is 0 Å². The van der Waals surface area contributed by atoms with E-state index in [9.17, 15) is 22.4 Å². The highest BCUT2D eigenvalue weighted by molar-refractivity contribution is 5.91. The van der Waals surface area contributed by atoms with E-state index in [0.29, 0.717) is 0 Å². The molecule has 7 heteroatoms. The number of hydrogen-bond acceptors (Lipinski definition) is 2. The monoisotopic (exact) mass is 299 g/mol. The lowest BCUT2D eigenvalue weighted by molar-refractivity contribution is -0.118. The molecule has 0 aliphatic carbocycles. The van der Waals surface area contributed by atoms with E-state index < -0.39 is 35.8 Å². The Labute approximate surface area is 117 Å². The van der Waals surface area contributed by atoms with E-state index in [1.54, 1.807) is 0 Å². The first-order chi connectivity index (χ1) is 9.95. The zero-order valence-corrected chi connectivity index (χ0v) is 10.5. The Kier molecular flexibility index (Phi) is 4.42. The van der Waals surface area contributed by atoms with Gasteiger partial charge in [-0.15, -0.1) is 0 Å². The number of rotatable bonds is 4. The van der Waals surface area contributed by atoms with Gasteiger partial charge in [-0.05, 0) is 24.3 Å². The van der Waals surface area contributed by atoms with Crippen molar-refractivity contribution in [3.8, 4) is 5.75 Å². The van der Waals surface area contributed by atoms with Crippen molar-refractivity contribution in [1.82, 2.24) is 0 Å². The summed E-state index contributed by atoms with van der Waals surface area (Å²) in [6.07, 6.45) is 0. The van der Waals surface area contributed by atoms with E-state index in [2.05, 4.69) is 5.32 Å². The fourth-order valence-corrected chi connectivity index (χ4v) is 1.49. The molecule has 3 nitrogen and oxygen atoms in total.